The van der Waals surface area contributed by atoms with Gasteiger partial charge in [0.1, 0.15) is 11.6 Å². The van der Waals surface area contributed by atoms with E-state index in [4.69, 9.17) is 10.3 Å². The molecule has 28 heavy (non-hydrogen) atoms. The minimum atomic E-state index is -2.06. The summed E-state index contributed by atoms with van der Waals surface area (Å²) in [7, 11) is 0. The number of hydrogen-bond acceptors (Lipinski definition) is 6. The van der Waals surface area contributed by atoms with E-state index in [-0.39, 0.29) is 27.9 Å². The summed E-state index contributed by atoms with van der Waals surface area (Å²) in [4.78, 5) is 20.2. The van der Waals surface area contributed by atoms with Crippen LogP contribution in [0.4, 0.5) is 27.5 Å². The maximum Gasteiger partial charge on any atom is 0.253 e. The highest BCUT2D eigenvalue weighted by molar-refractivity contribution is 9.10. The molecule has 0 spiro atoms. The van der Waals surface area contributed by atoms with Crippen molar-refractivity contribution < 1.29 is 17.9 Å². The van der Waals surface area contributed by atoms with Crippen LogP contribution in [0.3, 0.4) is 0 Å². The maximum absolute atomic E-state index is 13.9. The molecule has 8 nitrogen and oxygen atoms in total. The topological polar surface area (TPSA) is 130 Å². The van der Waals surface area contributed by atoms with Gasteiger partial charge in [-0.1, -0.05) is 6.07 Å². The Labute approximate surface area is 169 Å². The van der Waals surface area contributed by atoms with Gasteiger partial charge >= 0.3 is 0 Å². The summed E-state index contributed by atoms with van der Waals surface area (Å²) >= 11 is 1.23. The molecule has 2 aromatic carbocycles. The first kappa shape index (κ1) is 19.9. The van der Waals surface area contributed by atoms with Crippen molar-refractivity contribution in [3.63, 3.8) is 0 Å². The predicted molar refractivity (Wildman–Crippen MR) is 107 cm³/mol. The lowest BCUT2D eigenvalue weighted by Crippen LogP contribution is -2.16. The molecule has 1 heterocycles. The van der Waals surface area contributed by atoms with E-state index in [0.717, 1.165) is 6.07 Å². The third-order valence-electron chi connectivity index (χ3n) is 3.57. The fraction of sp³-hybridized carbons (Fsp3) is 0. The number of halogens is 2. The van der Waals surface area contributed by atoms with Crippen molar-refractivity contribution in [1.82, 2.24) is 9.97 Å². The third kappa shape index (κ3) is 4.50. The molecule has 0 radical (unpaired) electrons. The Balaban J connectivity index is 1.87. The van der Waals surface area contributed by atoms with Crippen LogP contribution in [-0.2, 0) is 11.1 Å². The molecule has 1 atom stereocenters. The van der Waals surface area contributed by atoms with Crippen molar-refractivity contribution in [3.05, 3.63) is 64.5 Å². The van der Waals surface area contributed by atoms with Crippen LogP contribution in [0.25, 0.3) is 0 Å². The Bertz CT molecular complexity index is 1070. The molecule has 144 valence electrons. The molecule has 1 unspecified atom stereocenters. The summed E-state index contributed by atoms with van der Waals surface area (Å²) in [6.07, 6.45) is 1.47. The van der Waals surface area contributed by atoms with E-state index < -0.39 is 22.8 Å². The van der Waals surface area contributed by atoms with E-state index in [1.54, 1.807) is 12.1 Å². The van der Waals surface area contributed by atoms with Gasteiger partial charge in [-0.3, -0.25) is 4.79 Å². The summed E-state index contributed by atoms with van der Waals surface area (Å²) in [6.45, 7) is 0. The third-order valence-corrected chi connectivity index (χ3v) is 4.83. The Morgan fingerprint density at radius 3 is 2.54 bits per heavy atom. The van der Waals surface area contributed by atoms with E-state index in [2.05, 4.69) is 36.5 Å². The Hall–Kier alpha value is -2.89. The van der Waals surface area contributed by atoms with Gasteiger partial charge in [0.2, 0.25) is 5.95 Å². The van der Waals surface area contributed by atoms with E-state index in [9.17, 15) is 13.4 Å². The zero-order valence-corrected chi connectivity index (χ0v) is 16.4. The number of carbonyl (C=O) groups excluding carboxylic acids is 1. The van der Waals surface area contributed by atoms with Gasteiger partial charge in [-0.15, -0.1) is 0 Å². The SMILES string of the molecule is NC(=O)c1c(F)cccc1Nc1nc(Nc2ccc(S(=O)O)cc2)ncc1Br. The van der Waals surface area contributed by atoms with Crippen molar-refractivity contribution in [2.75, 3.05) is 10.6 Å². The van der Waals surface area contributed by atoms with Crippen LogP contribution in [-0.4, -0.2) is 24.6 Å². The van der Waals surface area contributed by atoms with Crippen molar-refractivity contribution in [3.8, 4) is 0 Å². The van der Waals surface area contributed by atoms with E-state index in [1.807, 2.05) is 0 Å². The van der Waals surface area contributed by atoms with Crippen molar-refractivity contribution in [1.29, 1.82) is 0 Å². The van der Waals surface area contributed by atoms with E-state index in [0.29, 0.717) is 10.2 Å². The predicted octanol–water partition coefficient (Wildman–Crippen LogP) is 3.54. The molecule has 5 N–H and O–H groups in total. The largest absolute Gasteiger partial charge is 0.365 e. The second-order valence-corrected chi connectivity index (χ2v) is 7.26. The fourth-order valence-corrected chi connectivity index (χ4v) is 2.96. The normalized spacial score (nSPS) is 11.7. The first-order valence-corrected chi connectivity index (χ1v) is 9.61. The molecular weight excluding hydrogens is 453 g/mol. The van der Waals surface area contributed by atoms with Gasteiger partial charge in [-0.05, 0) is 52.3 Å². The summed E-state index contributed by atoms with van der Waals surface area (Å²) in [6, 6.07) is 10.2. The highest BCUT2D eigenvalue weighted by Gasteiger charge is 2.16. The van der Waals surface area contributed by atoms with Gasteiger partial charge in [0.15, 0.2) is 11.1 Å². The number of benzene rings is 2. The summed E-state index contributed by atoms with van der Waals surface area (Å²) < 4.78 is 34.5. The number of anilines is 4. The maximum atomic E-state index is 13.9. The molecule has 1 amide bonds. The Kier molecular flexibility index (Phi) is 5.97. The van der Waals surface area contributed by atoms with Crippen molar-refractivity contribution in [2.45, 2.75) is 4.90 Å². The van der Waals surface area contributed by atoms with Gasteiger partial charge in [0, 0.05) is 11.9 Å². The Morgan fingerprint density at radius 1 is 1.18 bits per heavy atom. The van der Waals surface area contributed by atoms with Gasteiger partial charge in [0.25, 0.3) is 5.91 Å². The number of nitrogens with one attached hydrogen (secondary N) is 2. The van der Waals surface area contributed by atoms with Gasteiger partial charge in [0.05, 0.1) is 20.6 Å². The summed E-state index contributed by atoms with van der Waals surface area (Å²) in [5.41, 5.74) is 5.72. The van der Waals surface area contributed by atoms with Gasteiger partial charge in [-0.2, -0.15) is 4.98 Å². The second kappa shape index (κ2) is 8.42. The van der Waals surface area contributed by atoms with Crippen molar-refractivity contribution >= 4 is 56.1 Å². The standard InChI is InChI=1S/C17H13BrFN5O3S/c18-11-8-21-17(22-9-4-6-10(7-5-9)28(26)27)24-16(11)23-13-3-1-2-12(19)14(13)15(20)25/h1-8H,(H2,20,25)(H,26,27)(H2,21,22,23,24). The van der Waals surface area contributed by atoms with Gasteiger partial charge in [-0.25, -0.2) is 13.6 Å². The van der Waals surface area contributed by atoms with Gasteiger partial charge < -0.3 is 20.9 Å². The molecule has 0 bridgehead atoms. The molecule has 0 aliphatic rings. The first-order valence-electron chi connectivity index (χ1n) is 7.71. The molecule has 0 saturated carbocycles. The van der Waals surface area contributed by atoms with Crippen LogP contribution in [0.2, 0.25) is 0 Å². The average Bonchev–Trinajstić information content (AvgIpc) is 2.64. The monoisotopic (exact) mass is 465 g/mol. The Morgan fingerprint density at radius 2 is 1.89 bits per heavy atom. The number of primary amides is 1. The molecule has 3 aromatic rings. The van der Waals surface area contributed by atoms with Crippen LogP contribution < -0.4 is 16.4 Å². The molecule has 0 aliphatic carbocycles. The highest BCUT2D eigenvalue weighted by atomic mass is 79.9. The summed E-state index contributed by atoms with van der Waals surface area (Å²) in [5.74, 6) is -1.17. The fourth-order valence-electron chi connectivity index (χ4n) is 2.31. The van der Waals surface area contributed by atoms with Crippen LogP contribution >= 0.6 is 15.9 Å². The zero-order chi connectivity index (χ0) is 20.3. The number of nitrogens with two attached hydrogens (primary N) is 1. The number of nitrogens with zero attached hydrogens (tertiary/aromatic N) is 2. The molecule has 0 saturated heterocycles. The van der Waals surface area contributed by atoms with Crippen LogP contribution in [0.15, 0.2) is 58.0 Å². The number of amides is 1. The second-order valence-electron chi connectivity index (χ2n) is 5.44. The minimum absolute atomic E-state index is 0.160. The molecule has 11 heteroatoms. The minimum Gasteiger partial charge on any atom is -0.365 e. The smallest absolute Gasteiger partial charge is 0.253 e. The van der Waals surface area contributed by atoms with Crippen molar-refractivity contribution in [2.24, 2.45) is 5.73 Å². The molecule has 3 rings (SSSR count). The van der Waals surface area contributed by atoms with Crippen LogP contribution in [0.1, 0.15) is 10.4 Å². The quantitative estimate of drug-likeness (QED) is 0.409. The molecular formula is C17H13BrFN5O3S. The molecule has 1 aromatic heterocycles. The average molecular weight is 466 g/mol. The first-order chi connectivity index (χ1) is 13.3. The lowest BCUT2D eigenvalue weighted by Gasteiger charge is -2.13. The number of carbonyl (C=O) groups is 1. The molecule has 0 fully saturated rings. The number of rotatable bonds is 6. The van der Waals surface area contributed by atoms with Crippen LogP contribution in [0, 0.1) is 5.82 Å². The number of aromatic nitrogens is 2. The number of hydrogen-bond donors (Lipinski definition) is 4. The van der Waals surface area contributed by atoms with E-state index >= 15 is 0 Å². The lowest BCUT2D eigenvalue weighted by atomic mass is 10.1. The van der Waals surface area contributed by atoms with E-state index in [1.165, 1.54) is 30.5 Å². The highest BCUT2D eigenvalue weighted by Crippen LogP contribution is 2.28. The zero-order valence-electron chi connectivity index (χ0n) is 14.0. The lowest BCUT2D eigenvalue weighted by molar-refractivity contribution is 0.0997. The summed E-state index contributed by atoms with van der Waals surface area (Å²) in [5, 5.41) is 5.80. The van der Waals surface area contributed by atoms with Crippen LogP contribution in [0.5, 0.6) is 0 Å². The molecule has 0 aliphatic heterocycles.